The molecule has 5 nitrogen and oxygen atoms in total. The molecule has 1 fully saturated rings. The summed E-state index contributed by atoms with van der Waals surface area (Å²) in [5.41, 5.74) is 0.625. The monoisotopic (exact) mass is 362 g/mol. The van der Waals surface area contributed by atoms with Gasteiger partial charge in [-0.2, -0.15) is 0 Å². The molecule has 1 saturated heterocycles. The molecule has 1 atom stereocenters. The fourth-order valence-corrected chi connectivity index (χ4v) is 2.59. The molecular formula is C12H15IN2O3. The highest BCUT2D eigenvalue weighted by molar-refractivity contribution is 14.1. The number of amides is 1. The standard InChI is InChI=1S/C12H15IN2O3/c13-10-4-5-14-7-11(10)15(12(16)17)8-9-3-1-2-6-18-9/h4-5,7,9H,1-3,6,8H2,(H,16,17). The first-order valence-corrected chi connectivity index (χ1v) is 6.98. The Balaban J connectivity index is 2.13. The minimum absolute atomic E-state index is 0.00847. The van der Waals surface area contributed by atoms with Gasteiger partial charge in [0.25, 0.3) is 0 Å². The van der Waals surface area contributed by atoms with Gasteiger partial charge in [0.1, 0.15) is 0 Å². The third kappa shape index (κ3) is 3.32. The first kappa shape index (κ1) is 13.5. The largest absolute Gasteiger partial charge is 0.465 e. The number of pyridine rings is 1. The highest BCUT2D eigenvalue weighted by Crippen LogP contribution is 2.23. The number of hydrogen-bond donors (Lipinski definition) is 1. The molecule has 18 heavy (non-hydrogen) atoms. The summed E-state index contributed by atoms with van der Waals surface area (Å²) in [4.78, 5) is 16.7. The normalized spacial score (nSPS) is 19.5. The third-order valence-corrected chi connectivity index (χ3v) is 3.84. The van der Waals surface area contributed by atoms with Gasteiger partial charge >= 0.3 is 6.09 Å². The van der Waals surface area contributed by atoms with Gasteiger partial charge in [-0.05, 0) is 47.9 Å². The van der Waals surface area contributed by atoms with Crippen molar-refractivity contribution in [1.29, 1.82) is 0 Å². The van der Waals surface area contributed by atoms with Crippen molar-refractivity contribution in [2.24, 2.45) is 0 Å². The number of nitrogens with zero attached hydrogens (tertiary/aromatic N) is 2. The maximum atomic E-state index is 11.4. The highest BCUT2D eigenvalue weighted by atomic mass is 127. The summed E-state index contributed by atoms with van der Waals surface area (Å²) in [6.45, 7) is 1.10. The molecule has 6 heteroatoms. The van der Waals surface area contributed by atoms with Crippen molar-refractivity contribution in [3.8, 4) is 0 Å². The molecule has 0 radical (unpaired) electrons. The summed E-state index contributed by atoms with van der Waals surface area (Å²) in [6.07, 6.45) is 5.35. The van der Waals surface area contributed by atoms with Crippen molar-refractivity contribution in [2.75, 3.05) is 18.1 Å². The lowest BCUT2D eigenvalue weighted by molar-refractivity contribution is 0.0211. The second-order valence-corrected chi connectivity index (χ2v) is 5.37. The highest BCUT2D eigenvalue weighted by Gasteiger charge is 2.23. The molecule has 1 N–H and O–H groups in total. The lowest BCUT2D eigenvalue weighted by Gasteiger charge is -2.28. The van der Waals surface area contributed by atoms with Crippen molar-refractivity contribution in [1.82, 2.24) is 4.98 Å². The molecule has 0 bridgehead atoms. The SMILES string of the molecule is O=C(O)N(CC1CCCCO1)c1cnccc1I. The molecule has 1 aliphatic heterocycles. The van der Waals surface area contributed by atoms with Gasteiger partial charge in [0.2, 0.25) is 0 Å². The minimum atomic E-state index is -0.963. The van der Waals surface area contributed by atoms with E-state index in [9.17, 15) is 9.90 Å². The van der Waals surface area contributed by atoms with E-state index in [-0.39, 0.29) is 6.10 Å². The Kier molecular flexibility index (Phi) is 4.76. The number of ether oxygens (including phenoxy) is 1. The number of aromatic nitrogens is 1. The number of hydrogen-bond acceptors (Lipinski definition) is 3. The Bertz CT molecular complexity index is 422. The fraction of sp³-hybridized carbons (Fsp3) is 0.500. The smallest absolute Gasteiger partial charge is 0.411 e. The lowest BCUT2D eigenvalue weighted by atomic mass is 10.1. The number of anilines is 1. The maximum absolute atomic E-state index is 11.4. The van der Waals surface area contributed by atoms with E-state index < -0.39 is 6.09 Å². The Morgan fingerprint density at radius 2 is 2.44 bits per heavy atom. The third-order valence-electron chi connectivity index (χ3n) is 2.93. The Labute approximate surface area is 119 Å². The van der Waals surface area contributed by atoms with Gasteiger partial charge in [0, 0.05) is 16.4 Å². The van der Waals surface area contributed by atoms with Gasteiger partial charge in [-0.15, -0.1) is 0 Å². The van der Waals surface area contributed by atoms with Crippen LogP contribution in [0.25, 0.3) is 0 Å². The first-order valence-electron chi connectivity index (χ1n) is 5.90. The summed E-state index contributed by atoms with van der Waals surface area (Å²) in [5.74, 6) is 0. The molecule has 0 saturated carbocycles. The number of rotatable bonds is 3. The number of carbonyl (C=O) groups is 1. The van der Waals surface area contributed by atoms with Crippen molar-refractivity contribution < 1.29 is 14.6 Å². The van der Waals surface area contributed by atoms with Crippen LogP contribution in [0, 0.1) is 3.57 Å². The summed E-state index contributed by atoms with van der Waals surface area (Å²) in [7, 11) is 0. The predicted octanol–water partition coefficient (Wildman–Crippen LogP) is 2.74. The molecule has 1 aromatic rings. The van der Waals surface area contributed by atoms with E-state index in [0.29, 0.717) is 12.2 Å². The summed E-state index contributed by atoms with van der Waals surface area (Å²) in [6, 6.07) is 1.80. The van der Waals surface area contributed by atoms with Crippen LogP contribution in [-0.4, -0.2) is 35.4 Å². The topological polar surface area (TPSA) is 62.7 Å². The molecule has 2 rings (SSSR count). The van der Waals surface area contributed by atoms with Crippen molar-refractivity contribution >= 4 is 34.4 Å². The molecule has 1 aliphatic rings. The summed E-state index contributed by atoms with van der Waals surface area (Å²) in [5, 5.41) is 9.32. The van der Waals surface area contributed by atoms with Crippen LogP contribution >= 0.6 is 22.6 Å². The number of halogens is 1. The molecule has 0 aliphatic carbocycles. The van der Waals surface area contributed by atoms with Crippen LogP contribution in [0.5, 0.6) is 0 Å². The molecule has 1 aromatic heterocycles. The van der Waals surface area contributed by atoms with Crippen LogP contribution in [-0.2, 0) is 4.74 Å². The lowest BCUT2D eigenvalue weighted by Crippen LogP contribution is -2.39. The summed E-state index contributed by atoms with van der Waals surface area (Å²) >= 11 is 2.12. The Hall–Kier alpha value is -0.890. The molecular weight excluding hydrogens is 347 g/mol. The van der Waals surface area contributed by atoms with Gasteiger partial charge in [0.15, 0.2) is 0 Å². The minimum Gasteiger partial charge on any atom is -0.465 e. The quantitative estimate of drug-likeness (QED) is 0.840. The van der Waals surface area contributed by atoms with Gasteiger partial charge in [-0.1, -0.05) is 0 Å². The average Bonchev–Trinajstić information content (AvgIpc) is 2.38. The second kappa shape index (κ2) is 6.33. The van der Waals surface area contributed by atoms with Crippen LogP contribution < -0.4 is 4.90 Å². The van der Waals surface area contributed by atoms with E-state index >= 15 is 0 Å². The molecule has 98 valence electrons. The van der Waals surface area contributed by atoms with E-state index in [1.165, 1.54) is 4.90 Å². The molecule has 0 aromatic carbocycles. The number of carboxylic acid groups (broad SMARTS) is 1. The zero-order chi connectivity index (χ0) is 13.0. The fourth-order valence-electron chi connectivity index (χ4n) is 2.00. The predicted molar refractivity (Wildman–Crippen MR) is 75.9 cm³/mol. The van der Waals surface area contributed by atoms with Gasteiger partial charge in [-0.3, -0.25) is 9.88 Å². The van der Waals surface area contributed by atoms with Crippen molar-refractivity contribution in [3.05, 3.63) is 22.0 Å². The van der Waals surface area contributed by atoms with Crippen LogP contribution in [0.15, 0.2) is 18.5 Å². The summed E-state index contributed by atoms with van der Waals surface area (Å²) < 4.78 is 6.47. The second-order valence-electron chi connectivity index (χ2n) is 4.21. The first-order chi connectivity index (χ1) is 8.68. The molecule has 2 heterocycles. The molecule has 0 spiro atoms. The zero-order valence-electron chi connectivity index (χ0n) is 9.88. The van der Waals surface area contributed by atoms with Gasteiger partial charge in [-0.25, -0.2) is 4.79 Å². The average molecular weight is 362 g/mol. The van der Waals surface area contributed by atoms with E-state index in [1.807, 2.05) is 0 Å². The molecule has 1 unspecified atom stereocenters. The van der Waals surface area contributed by atoms with Crippen LogP contribution in [0.4, 0.5) is 10.5 Å². The zero-order valence-corrected chi connectivity index (χ0v) is 12.0. The van der Waals surface area contributed by atoms with Gasteiger partial charge < -0.3 is 9.84 Å². The van der Waals surface area contributed by atoms with Gasteiger partial charge in [0.05, 0.1) is 24.5 Å². The molecule has 1 amide bonds. The van der Waals surface area contributed by atoms with Crippen LogP contribution in [0.1, 0.15) is 19.3 Å². The van der Waals surface area contributed by atoms with E-state index in [0.717, 1.165) is 29.4 Å². The van der Waals surface area contributed by atoms with E-state index in [1.54, 1.807) is 18.5 Å². The van der Waals surface area contributed by atoms with E-state index in [2.05, 4.69) is 27.6 Å². The Morgan fingerprint density at radius 3 is 3.06 bits per heavy atom. The van der Waals surface area contributed by atoms with Crippen molar-refractivity contribution in [2.45, 2.75) is 25.4 Å². The van der Waals surface area contributed by atoms with Crippen LogP contribution in [0.2, 0.25) is 0 Å². The van der Waals surface area contributed by atoms with Crippen molar-refractivity contribution in [3.63, 3.8) is 0 Å². The van der Waals surface area contributed by atoms with E-state index in [4.69, 9.17) is 4.74 Å². The van der Waals surface area contributed by atoms with Crippen LogP contribution in [0.3, 0.4) is 0 Å². The Morgan fingerprint density at radius 1 is 1.61 bits per heavy atom. The maximum Gasteiger partial charge on any atom is 0.411 e.